The SMILES string of the molecule is CC1CCC(c2ccc3c(c2)CC2(CC2)C(=O)N3)N(C(=O)c2cc3c4c(c(N)nc3cn2)COC4)C1. The summed E-state index contributed by atoms with van der Waals surface area (Å²) in [4.78, 5) is 37.3. The first-order chi connectivity index (χ1) is 17.4. The first-order valence-corrected chi connectivity index (χ1v) is 12.8. The van der Waals surface area contributed by atoms with E-state index in [9.17, 15) is 9.59 Å². The van der Waals surface area contributed by atoms with Gasteiger partial charge < -0.3 is 20.7 Å². The standard InChI is InChI=1S/C28H29N5O3/c1-15-2-5-24(16-3-4-21-17(8-16)10-28(6-7-28)27(35)32-21)33(12-15)26(34)22-9-18-19-13-36-14-20(19)25(29)31-23(18)11-30-22/h3-4,8-9,11,15,24H,2,5-7,10,12-14H2,1H3,(H2,29,31)(H,32,35). The summed E-state index contributed by atoms with van der Waals surface area (Å²) in [5, 5.41) is 3.98. The van der Waals surface area contributed by atoms with Crippen LogP contribution < -0.4 is 11.1 Å². The van der Waals surface area contributed by atoms with Gasteiger partial charge in [0.2, 0.25) is 5.91 Å². The largest absolute Gasteiger partial charge is 0.383 e. The maximum Gasteiger partial charge on any atom is 0.272 e. The fourth-order valence-corrected chi connectivity index (χ4v) is 6.21. The van der Waals surface area contributed by atoms with Crippen molar-refractivity contribution in [3.63, 3.8) is 0 Å². The van der Waals surface area contributed by atoms with Crippen molar-refractivity contribution >= 4 is 34.2 Å². The number of likely N-dealkylation sites (tertiary alicyclic amines) is 1. The van der Waals surface area contributed by atoms with Crippen LogP contribution in [0.2, 0.25) is 0 Å². The Kier molecular flexibility index (Phi) is 4.67. The number of hydrogen-bond donors (Lipinski definition) is 2. The molecule has 1 aromatic carbocycles. The normalized spacial score (nSPS) is 23.9. The lowest BCUT2D eigenvalue weighted by atomic mass is 9.85. The van der Waals surface area contributed by atoms with Gasteiger partial charge in [-0.15, -0.1) is 0 Å². The summed E-state index contributed by atoms with van der Waals surface area (Å²) in [6.07, 6.45) is 6.31. The molecule has 1 aliphatic carbocycles. The molecule has 3 aromatic rings. The smallest absolute Gasteiger partial charge is 0.272 e. The highest BCUT2D eigenvalue weighted by molar-refractivity contribution is 6.00. The van der Waals surface area contributed by atoms with Gasteiger partial charge in [0.1, 0.15) is 11.5 Å². The number of nitrogens with one attached hydrogen (secondary N) is 1. The van der Waals surface area contributed by atoms with Gasteiger partial charge in [0.25, 0.3) is 5.91 Å². The molecule has 7 rings (SSSR count). The van der Waals surface area contributed by atoms with Gasteiger partial charge in [-0.2, -0.15) is 0 Å². The minimum Gasteiger partial charge on any atom is -0.383 e. The zero-order valence-corrected chi connectivity index (χ0v) is 20.3. The van der Waals surface area contributed by atoms with E-state index in [0.717, 1.165) is 59.9 Å². The lowest BCUT2D eigenvalue weighted by Crippen LogP contribution is -2.42. The zero-order chi connectivity index (χ0) is 24.6. The number of ether oxygens (including phenoxy) is 1. The van der Waals surface area contributed by atoms with Crippen LogP contribution in [-0.4, -0.2) is 33.2 Å². The van der Waals surface area contributed by atoms with Crippen molar-refractivity contribution in [3.8, 4) is 0 Å². The van der Waals surface area contributed by atoms with Gasteiger partial charge in [-0.3, -0.25) is 9.59 Å². The molecule has 2 aromatic heterocycles. The first-order valence-electron chi connectivity index (χ1n) is 12.8. The number of nitrogens with two attached hydrogens (primary N) is 1. The molecule has 0 radical (unpaired) electrons. The van der Waals surface area contributed by atoms with Gasteiger partial charge in [0.05, 0.1) is 36.4 Å². The second-order valence-electron chi connectivity index (χ2n) is 11.0. The van der Waals surface area contributed by atoms with E-state index in [1.807, 2.05) is 17.0 Å². The summed E-state index contributed by atoms with van der Waals surface area (Å²) in [6, 6.07) is 8.11. The van der Waals surface area contributed by atoms with E-state index in [1.165, 1.54) is 5.56 Å². The van der Waals surface area contributed by atoms with E-state index in [4.69, 9.17) is 10.5 Å². The average Bonchev–Trinajstić information content (AvgIpc) is 3.46. The molecular weight excluding hydrogens is 454 g/mol. The quantitative estimate of drug-likeness (QED) is 0.567. The molecular formula is C28H29N5O3. The van der Waals surface area contributed by atoms with E-state index in [0.29, 0.717) is 42.7 Å². The van der Waals surface area contributed by atoms with E-state index in [-0.39, 0.29) is 23.3 Å². The Morgan fingerprint density at radius 1 is 1.19 bits per heavy atom. The minimum absolute atomic E-state index is 0.0251. The number of carbonyl (C=O) groups is 2. The van der Waals surface area contributed by atoms with Crippen LogP contribution in [0.15, 0.2) is 30.5 Å². The second kappa shape index (κ2) is 7.74. The molecule has 2 atom stereocenters. The van der Waals surface area contributed by atoms with Crippen LogP contribution in [0.5, 0.6) is 0 Å². The molecule has 2 unspecified atom stereocenters. The van der Waals surface area contributed by atoms with E-state index in [1.54, 1.807) is 6.20 Å². The van der Waals surface area contributed by atoms with Gasteiger partial charge in [-0.25, -0.2) is 9.97 Å². The van der Waals surface area contributed by atoms with Crippen LogP contribution in [-0.2, 0) is 29.2 Å². The molecule has 4 aliphatic rings. The molecule has 1 spiro atoms. The maximum absolute atomic E-state index is 13.9. The van der Waals surface area contributed by atoms with Crippen LogP contribution in [0, 0.1) is 11.3 Å². The number of benzene rings is 1. The van der Waals surface area contributed by atoms with E-state index >= 15 is 0 Å². The summed E-state index contributed by atoms with van der Waals surface area (Å²) >= 11 is 0. The lowest BCUT2D eigenvalue weighted by Gasteiger charge is -2.39. The van der Waals surface area contributed by atoms with Crippen LogP contribution in [0.25, 0.3) is 10.9 Å². The lowest BCUT2D eigenvalue weighted by molar-refractivity contribution is -0.121. The van der Waals surface area contributed by atoms with Gasteiger partial charge in [-0.1, -0.05) is 19.1 Å². The minimum atomic E-state index is -0.210. The molecule has 0 bridgehead atoms. The van der Waals surface area contributed by atoms with Gasteiger partial charge >= 0.3 is 0 Å². The Morgan fingerprint density at radius 2 is 2.03 bits per heavy atom. The Labute approximate surface area is 209 Å². The van der Waals surface area contributed by atoms with Crippen molar-refractivity contribution in [2.24, 2.45) is 11.3 Å². The Morgan fingerprint density at radius 3 is 2.86 bits per heavy atom. The Hall–Kier alpha value is -3.52. The van der Waals surface area contributed by atoms with E-state index < -0.39 is 0 Å². The van der Waals surface area contributed by atoms with Crippen molar-refractivity contribution in [2.75, 3.05) is 17.6 Å². The molecule has 5 heterocycles. The highest BCUT2D eigenvalue weighted by atomic mass is 16.5. The predicted octanol–water partition coefficient (Wildman–Crippen LogP) is 4.13. The van der Waals surface area contributed by atoms with Crippen LogP contribution in [0.3, 0.4) is 0 Å². The first kappa shape index (κ1) is 21.7. The number of fused-ring (bicyclic) bond motifs is 4. The summed E-state index contributed by atoms with van der Waals surface area (Å²) in [6.45, 7) is 3.79. The van der Waals surface area contributed by atoms with Crippen molar-refractivity contribution in [3.05, 3.63) is 58.4 Å². The summed E-state index contributed by atoms with van der Waals surface area (Å²) < 4.78 is 5.62. The van der Waals surface area contributed by atoms with Crippen LogP contribution >= 0.6 is 0 Å². The number of aromatic nitrogens is 2. The number of carbonyl (C=O) groups excluding carboxylic acids is 2. The number of hydrogen-bond acceptors (Lipinski definition) is 6. The summed E-state index contributed by atoms with van der Waals surface area (Å²) in [5.74, 6) is 0.970. The molecule has 3 aliphatic heterocycles. The summed E-state index contributed by atoms with van der Waals surface area (Å²) in [7, 11) is 0. The second-order valence-corrected chi connectivity index (χ2v) is 11.0. The van der Waals surface area contributed by atoms with Crippen molar-refractivity contribution in [1.82, 2.24) is 14.9 Å². The zero-order valence-electron chi connectivity index (χ0n) is 20.3. The number of piperidine rings is 1. The fourth-order valence-electron chi connectivity index (χ4n) is 6.21. The van der Waals surface area contributed by atoms with Crippen molar-refractivity contribution in [2.45, 2.75) is 58.3 Å². The number of nitrogens with zero attached hydrogens (tertiary/aromatic N) is 3. The molecule has 1 saturated carbocycles. The highest BCUT2D eigenvalue weighted by Gasteiger charge is 2.52. The molecule has 3 N–H and O–H groups in total. The number of pyridine rings is 2. The third kappa shape index (κ3) is 3.31. The molecule has 184 valence electrons. The van der Waals surface area contributed by atoms with Gasteiger partial charge in [0, 0.05) is 23.2 Å². The van der Waals surface area contributed by atoms with E-state index in [2.05, 4.69) is 34.3 Å². The third-order valence-corrected chi connectivity index (χ3v) is 8.54. The van der Waals surface area contributed by atoms with Crippen molar-refractivity contribution < 1.29 is 14.3 Å². The van der Waals surface area contributed by atoms with Crippen LogP contribution in [0.4, 0.5) is 11.5 Å². The Balaban J connectivity index is 1.24. The third-order valence-electron chi connectivity index (χ3n) is 8.54. The van der Waals surface area contributed by atoms with Crippen LogP contribution in [0.1, 0.15) is 71.4 Å². The molecule has 2 fully saturated rings. The monoisotopic (exact) mass is 483 g/mol. The Bertz CT molecular complexity index is 1450. The molecule has 36 heavy (non-hydrogen) atoms. The molecule has 8 nitrogen and oxygen atoms in total. The number of anilines is 2. The number of rotatable bonds is 2. The molecule has 1 saturated heterocycles. The fraction of sp³-hybridized carbons (Fsp3) is 0.429. The number of amides is 2. The van der Waals surface area contributed by atoms with Crippen molar-refractivity contribution in [1.29, 1.82) is 0 Å². The van der Waals surface area contributed by atoms with Gasteiger partial charge in [-0.05, 0) is 66.8 Å². The molecule has 2 amide bonds. The highest BCUT2D eigenvalue weighted by Crippen LogP contribution is 2.52. The topological polar surface area (TPSA) is 110 Å². The van der Waals surface area contributed by atoms with Gasteiger partial charge in [0.15, 0.2) is 0 Å². The predicted molar refractivity (Wildman–Crippen MR) is 135 cm³/mol. The number of nitrogen functional groups attached to an aromatic ring is 1. The molecule has 8 heteroatoms. The average molecular weight is 484 g/mol. The summed E-state index contributed by atoms with van der Waals surface area (Å²) in [5.41, 5.74) is 12.1. The maximum atomic E-state index is 13.9.